The van der Waals surface area contributed by atoms with E-state index in [1.54, 1.807) is 0 Å². The van der Waals surface area contributed by atoms with E-state index in [2.05, 4.69) is 12.1 Å². The number of ether oxygens (including phenoxy) is 1. The molecule has 2 heteroatoms. The quantitative estimate of drug-likeness (QED) is 0.777. The Morgan fingerprint density at radius 1 is 1.05 bits per heavy atom. The Bertz CT molecular complexity index is 558. The van der Waals surface area contributed by atoms with Crippen LogP contribution in [-0.4, -0.2) is 18.5 Å². The fourth-order valence-corrected chi connectivity index (χ4v) is 4.32. The van der Waals surface area contributed by atoms with Crippen molar-refractivity contribution in [2.75, 3.05) is 6.61 Å². The highest BCUT2D eigenvalue weighted by molar-refractivity contribution is 6.24. The third kappa shape index (κ3) is 1.86. The standard InChI is InChI=1S/C18H20O2/c19-16-10-14-13-8-4-5-9-17(13)20-11-15(14)18(16)12-6-2-1-3-7-12/h1-3,6-7,13-14,17H,4-5,8-11H2/t13?,14-,17-/m0/s1. The molecule has 3 atom stereocenters. The maximum absolute atomic E-state index is 12.5. The van der Waals surface area contributed by atoms with Crippen LogP contribution in [0.1, 0.15) is 37.7 Å². The summed E-state index contributed by atoms with van der Waals surface area (Å²) in [7, 11) is 0. The summed E-state index contributed by atoms with van der Waals surface area (Å²) in [4.78, 5) is 12.5. The molecule has 1 aliphatic heterocycles. The number of allylic oxidation sites excluding steroid dienone is 1. The van der Waals surface area contributed by atoms with Crippen molar-refractivity contribution in [2.24, 2.45) is 11.8 Å². The van der Waals surface area contributed by atoms with E-state index in [9.17, 15) is 4.79 Å². The molecule has 1 saturated carbocycles. The third-order valence-electron chi connectivity index (χ3n) is 5.24. The van der Waals surface area contributed by atoms with Gasteiger partial charge >= 0.3 is 0 Å². The van der Waals surface area contributed by atoms with E-state index >= 15 is 0 Å². The first-order chi connectivity index (χ1) is 9.84. The molecule has 1 aromatic carbocycles. The lowest BCUT2D eigenvalue weighted by atomic mass is 9.73. The number of benzene rings is 1. The first kappa shape index (κ1) is 12.3. The monoisotopic (exact) mass is 268 g/mol. The van der Waals surface area contributed by atoms with Crippen LogP contribution in [0.3, 0.4) is 0 Å². The van der Waals surface area contributed by atoms with Crippen molar-refractivity contribution >= 4 is 11.4 Å². The largest absolute Gasteiger partial charge is 0.374 e. The second kappa shape index (κ2) is 4.85. The van der Waals surface area contributed by atoms with Gasteiger partial charge in [-0.15, -0.1) is 0 Å². The van der Waals surface area contributed by atoms with E-state index < -0.39 is 0 Å². The van der Waals surface area contributed by atoms with Gasteiger partial charge in [-0.25, -0.2) is 0 Å². The zero-order valence-corrected chi connectivity index (χ0v) is 11.7. The van der Waals surface area contributed by atoms with E-state index in [0.717, 1.165) is 11.1 Å². The molecule has 2 aliphatic carbocycles. The van der Waals surface area contributed by atoms with Gasteiger partial charge in [0.15, 0.2) is 5.78 Å². The minimum atomic E-state index is 0.325. The van der Waals surface area contributed by atoms with Crippen molar-refractivity contribution in [2.45, 2.75) is 38.2 Å². The van der Waals surface area contributed by atoms with Crippen LogP contribution in [0.5, 0.6) is 0 Å². The zero-order valence-electron chi connectivity index (χ0n) is 11.7. The summed E-state index contributed by atoms with van der Waals surface area (Å²) in [6, 6.07) is 10.1. The van der Waals surface area contributed by atoms with Crippen molar-refractivity contribution < 1.29 is 9.53 Å². The number of ketones is 1. The van der Waals surface area contributed by atoms with Crippen LogP contribution in [0.4, 0.5) is 0 Å². The number of fused-ring (bicyclic) bond motifs is 3. The molecule has 4 rings (SSSR count). The fourth-order valence-electron chi connectivity index (χ4n) is 4.32. The maximum Gasteiger partial charge on any atom is 0.164 e. The topological polar surface area (TPSA) is 26.3 Å². The highest BCUT2D eigenvalue weighted by Crippen LogP contribution is 2.48. The summed E-state index contributed by atoms with van der Waals surface area (Å²) in [6.45, 7) is 0.668. The van der Waals surface area contributed by atoms with Gasteiger partial charge in [-0.05, 0) is 35.8 Å². The van der Waals surface area contributed by atoms with Crippen LogP contribution in [0.15, 0.2) is 35.9 Å². The Labute approximate surface area is 119 Å². The van der Waals surface area contributed by atoms with Crippen LogP contribution in [-0.2, 0) is 9.53 Å². The van der Waals surface area contributed by atoms with Crippen LogP contribution in [0.25, 0.3) is 5.57 Å². The van der Waals surface area contributed by atoms with E-state index in [0.29, 0.717) is 36.8 Å². The van der Waals surface area contributed by atoms with Gasteiger partial charge in [0, 0.05) is 12.0 Å². The predicted octanol–water partition coefficient (Wildman–Crippen LogP) is 3.62. The van der Waals surface area contributed by atoms with Crippen molar-refractivity contribution in [3.63, 3.8) is 0 Å². The molecule has 104 valence electrons. The molecule has 0 aromatic heterocycles. The van der Waals surface area contributed by atoms with Gasteiger partial charge in [-0.2, -0.15) is 0 Å². The molecular weight excluding hydrogens is 248 g/mol. The molecule has 0 amide bonds. The molecule has 2 fully saturated rings. The van der Waals surface area contributed by atoms with E-state index in [1.165, 1.54) is 31.3 Å². The van der Waals surface area contributed by atoms with Crippen molar-refractivity contribution in [1.29, 1.82) is 0 Å². The third-order valence-corrected chi connectivity index (χ3v) is 5.24. The number of carbonyl (C=O) groups is 1. The summed E-state index contributed by atoms with van der Waals surface area (Å²) < 4.78 is 6.09. The van der Waals surface area contributed by atoms with Gasteiger partial charge in [0.25, 0.3) is 0 Å². The molecule has 1 aromatic rings. The Balaban J connectivity index is 1.74. The molecule has 1 heterocycles. The van der Waals surface area contributed by atoms with Gasteiger partial charge in [0.05, 0.1) is 12.7 Å². The van der Waals surface area contributed by atoms with Crippen LogP contribution in [0, 0.1) is 11.8 Å². The number of carbonyl (C=O) groups excluding carboxylic acids is 1. The molecule has 2 nitrogen and oxygen atoms in total. The lowest BCUT2D eigenvalue weighted by Gasteiger charge is -2.40. The minimum Gasteiger partial charge on any atom is -0.374 e. The van der Waals surface area contributed by atoms with Gasteiger partial charge < -0.3 is 4.74 Å². The number of hydrogen-bond donors (Lipinski definition) is 0. The molecule has 0 bridgehead atoms. The fraction of sp³-hybridized carbons (Fsp3) is 0.500. The minimum absolute atomic E-state index is 0.325. The maximum atomic E-state index is 12.5. The van der Waals surface area contributed by atoms with Crippen LogP contribution in [0.2, 0.25) is 0 Å². The summed E-state index contributed by atoms with van der Waals surface area (Å²) in [5, 5.41) is 0. The van der Waals surface area contributed by atoms with E-state index in [4.69, 9.17) is 4.74 Å². The molecule has 0 spiro atoms. The predicted molar refractivity (Wildman–Crippen MR) is 78.2 cm³/mol. The van der Waals surface area contributed by atoms with E-state index in [1.807, 2.05) is 18.2 Å². The van der Waals surface area contributed by atoms with Crippen molar-refractivity contribution in [3.05, 3.63) is 41.5 Å². The normalized spacial score (nSPS) is 33.0. The molecular formula is C18H20O2. The van der Waals surface area contributed by atoms with Crippen molar-refractivity contribution in [1.82, 2.24) is 0 Å². The number of Topliss-reactive ketones (excluding diaryl/α,β-unsaturated/α-hetero) is 1. The number of rotatable bonds is 1. The molecule has 1 saturated heterocycles. The molecule has 1 unspecified atom stereocenters. The Hall–Kier alpha value is -1.41. The second-order valence-electron chi connectivity index (χ2n) is 6.30. The Morgan fingerprint density at radius 3 is 2.70 bits per heavy atom. The zero-order chi connectivity index (χ0) is 13.5. The van der Waals surface area contributed by atoms with Gasteiger partial charge in [0.1, 0.15) is 0 Å². The SMILES string of the molecule is O=C1C[C@@H]2C(=C1c1ccccc1)CO[C@H]1CCCCC12. The lowest BCUT2D eigenvalue weighted by molar-refractivity contribution is -0.114. The summed E-state index contributed by atoms with van der Waals surface area (Å²) in [5.74, 6) is 1.36. The molecule has 20 heavy (non-hydrogen) atoms. The highest BCUT2D eigenvalue weighted by atomic mass is 16.5. The van der Waals surface area contributed by atoms with Crippen molar-refractivity contribution in [3.8, 4) is 0 Å². The van der Waals surface area contributed by atoms with E-state index in [-0.39, 0.29) is 0 Å². The van der Waals surface area contributed by atoms with Crippen LogP contribution < -0.4 is 0 Å². The summed E-state index contributed by atoms with van der Waals surface area (Å²) >= 11 is 0. The Kier molecular flexibility index (Phi) is 2.99. The molecule has 0 N–H and O–H groups in total. The average Bonchev–Trinajstić information content (AvgIpc) is 2.84. The van der Waals surface area contributed by atoms with Gasteiger partial charge in [0.2, 0.25) is 0 Å². The number of hydrogen-bond acceptors (Lipinski definition) is 2. The highest BCUT2D eigenvalue weighted by Gasteiger charge is 2.44. The smallest absolute Gasteiger partial charge is 0.164 e. The second-order valence-corrected chi connectivity index (χ2v) is 6.30. The van der Waals surface area contributed by atoms with Gasteiger partial charge in [-0.3, -0.25) is 4.79 Å². The average molecular weight is 268 g/mol. The lowest BCUT2D eigenvalue weighted by Crippen LogP contribution is -2.39. The summed E-state index contributed by atoms with van der Waals surface area (Å²) in [5.41, 5.74) is 3.32. The van der Waals surface area contributed by atoms with Crippen LogP contribution >= 0.6 is 0 Å². The Morgan fingerprint density at radius 2 is 1.85 bits per heavy atom. The first-order valence-electron chi connectivity index (χ1n) is 7.78. The van der Waals surface area contributed by atoms with Gasteiger partial charge in [-0.1, -0.05) is 43.2 Å². The molecule has 0 radical (unpaired) electrons. The molecule has 3 aliphatic rings. The first-order valence-corrected chi connectivity index (χ1v) is 7.78. The summed E-state index contributed by atoms with van der Waals surface area (Å²) in [6.07, 6.45) is 6.11.